The highest BCUT2D eigenvalue weighted by Gasteiger charge is 2.18. The average molecular weight is 319 g/mol. The Hall–Kier alpha value is -1.12. The fourth-order valence-corrected chi connectivity index (χ4v) is 3.10. The first-order valence-electron chi connectivity index (χ1n) is 8.18. The van der Waals surface area contributed by atoms with Crippen LogP contribution in [0.5, 0.6) is 0 Å². The van der Waals surface area contributed by atoms with E-state index in [1.165, 1.54) is 31.4 Å². The van der Waals surface area contributed by atoms with E-state index in [0.29, 0.717) is 0 Å². The molecule has 0 aliphatic carbocycles. The normalized spacial score (nSPS) is 18.5. The number of fused-ring (bicyclic) bond motifs is 1. The minimum Gasteiger partial charge on any atom is -0.303 e. The monoisotopic (exact) mass is 318 g/mol. The summed E-state index contributed by atoms with van der Waals surface area (Å²) in [5.41, 5.74) is 1.11. The van der Waals surface area contributed by atoms with E-state index < -0.39 is 0 Å². The van der Waals surface area contributed by atoms with Gasteiger partial charge in [-0.2, -0.15) is 0 Å². The molecule has 1 aliphatic heterocycles. The summed E-state index contributed by atoms with van der Waals surface area (Å²) in [7, 11) is 0. The second-order valence-corrected chi connectivity index (χ2v) is 7.28. The lowest BCUT2D eigenvalue weighted by atomic mass is 10.1. The number of aryl methyl sites for hydroxylation is 1. The zero-order valence-corrected chi connectivity index (χ0v) is 14.9. The quantitative estimate of drug-likeness (QED) is 0.758. The number of hydrogen-bond donors (Lipinski definition) is 0. The van der Waals surface area contributed by atoms with Crippen LogP contribution in [-0.4, -0.2) is 29.5 Å². The van der Waals surface area contributed by atoms with Crippen molar-refractivity contribution in [3.05, 3.63) is 41.2 Å². The third kappa shape index (κ3) is 4.96. The Labute approximate surface area is 139 Å². The van der Waals surface area contributed by atoms with E-state index >= 15 is 0 Å². The summed E-state index contributed by atoms with van der Waals surface area (Å²) in [6.45, 7) is 12.9. The SMILES string of the molecule is CC(C)CN1CCC(C)C1.Cc1cc2ccncc2cc1Cl. The molecule has 22 heavy (non-hydrogen) atoms. The van der Waals surface area contributed by atoms with E-state index in [-0.39, 0.29) is 0 Å². The van der Waals surface area contributed by atoms with Crippen LogP contribution in [-0.2, 0) is 0 Å². The molecule has 1 aromatic carbocycles. The summed E-state index contributed by atoms with van der Waals surface area (Å²) in [5.74, 6) is 1.78. The number of pyridine rings is 1. The molecule has 1 fully saturated rings. The molecular formula is C19H27ClN2. The zero-order chi connectivity index (χ0) is 16.1. The fraction of sp³-hybridized carbons (Fsp3) is 0.526. The number of hydrogen-bond acceptors (Lipinski definition) is 2. The summed E-state index contributed by atoms with van der Waals surface area (Å²) < 4.78 is 0. The molecule has 3 heteroatoms. The van der Waals surface area contributed by atoms with Crippen molar-refractivity contribution in [2.45, 2.75) is 34.1 Å². The predicted molar refractivity (Wildman–Crippen MR) is 96.5 cm³/mol. The van der Waals surface area contributed by atoms with Gasteiger partial charge < -0.3 is 4.90 Å². The lowest BCUT2D eigenvalue weighted by molar-refractivity contribution is 0.290. The van der Waals surface area contributed by atoms with Gasteiger partial charge in [-0.25, -0.2) is 0 Å². The van der Waals surface area contributed by atoms with E-state index in [9.17, 15) is 0 Å². The van der Waals surface area contributed by atoms with Gasteiger partial charge in [-0.15, -0.1) is 0 Å². The molecule has 1 aliphatic rings. The van der Waals surface area contributed by atoms with E-state index in [0.717, 1.165) is 27.8 Å². The molecule has 2 aromatic rings. The highest BCUT2D eigenvalue weighted by molar-refractivity contribution is 6.32. The van der Waals surface area contributed by atoms with Crippen molar-refractivity contribution in [1.29, 1.82) is 0 Å². The summed E-state index contributed by atoms with van der Waals surface area (Å²) in [5, 5.41) is 3.08. The number of rotatable bonds is 2. The van der Waals surface area contributed by atoms with Gasteiger partial charge in [0.25, 0.3) is 0 Å². The van der Waals surface area contributed by atoms with Gasteiger partial charge in [0.05, 0.1) is 0 Å². The molecule has 1 saturated heterocycles. The molecule has 2 nitrogen and oxygen atoms in total. The molecule has 0 spiro atoms. The first kappa shape index (κ1) is 17.2. The fourth-order valence-electron chi connectivity index (χ4n) is 2.93. The molecule has 0 amide bonds. The lowest BCUT2D eigenvalue weighted by Gasteiger charge is -2.17. The van der Waals surface area contributed by atoms with Crippen LogP contribution in [0.3, 0.4) is 0 Å². The number of benzene rings is 1. The number of aromatic nitrogens is 1. The first-order valence-corrected chi connectivity index (χ1v) is 8.55. The highest BCUT2D eigenvalue weighted by Crippen LogP contribution is 2.22. The predicted octanol–water partition coefficient (Wildman–Crippen LogP) is 5.18. The summed E-state index contributed by atoms with van der Waals surface area (Å²) >= 11 is 5.96. The number of halogens is 1. The lowest BCUT2D eigenvalue weighted by Crippen LogP contribution is -2.24. The van der Waals surface area contributed by atoms with Crippen LogP contribution >= 0.6 is 11.6 Å². The zero-order valence-electron chi connectivity index (χ0n) is 14.1. The average Bonchev–Trinajstić information content (AvgIpc) is 2.85. The van der Waals surface area contributed by atoms with Crippen LogP contribution in [0, 0.1) is 18.8 Å². The van der Waals surface area contributed by atoms with Crippen LogP contribution in [0.25, 0.3) is 10.8 Å². The molecule has 0 bridgehead atoms. The van der Waals surface area contributed by atoms with Crippen molar-refractivity contribution >= 4 is 22.4 Å². The van der Waals surface area contributed by atoms with Crippen molar-refractivity contribution in [2.75, 3.05) is 19.6 Å². The van der Waals surface area contributed by atoms with Gasteiger partial charge in [0.1, 0.15) is 0 Å². The molecule has 3 rings (SSSR count). The molecule has 1 unspecified atom stereocenters. The van der Waals surface area contributed by atoms with Crippen molar-refractivity contribution in [3.8, 4) is 0 Å². The molecule has 0 saturated carbocycles. The summed E-state index contributed by atoms with van der Waals surface area (Å²) in [6, 6.07) is 6.00. The topological polar surface area (TPSA) is 16.1 Å². The van der Waals surface area contributed by atoms with Crippen molar-refractivity contribution in [3.63, 3.8) is 0 Å². The maximum atomic E-state index is 5.96. The number of nitrogens with zero attached hydrogens (tertiary/aromatic N) is 2. The van der Waals surface area contributed by atoms with Crippen LogP contribution in [0.15, 0.2) is 30.6 Å². The third-order valence-corrected chi connectivity index (χ3v) is 4.46. The Morgan fingerprint density at radius 2 is 2.09 bits per heavy atom. The van der Waals surface area contributed by atoms with Gasteiger partial charge in [0, 0.05) is 35.9 Å². The van der Waals surface area contributed by atoms with Gasteiger partial charge in [0.2, 0.25) is 0 Å². The van der Waals surface area contributed by atoms with Crippen molar-refractivity contribution < 1.29 is 0 Å². The Kier molecular flexibility index (Phi) is 6.22. The maximum Gasteiger partial charge on any atom is 0.0442 e. The molecule has 1 atom stereocenters. The van der Waals surface area contributed by atoms with Crippen LogP contribution in [0.2, 0.25) is 5.02 Å². The second-order valence-electron chi connectivity index (χ2n) is 6.87. The minimum atomic E-state index is 0.801. The molecule has 0 radical (unpaired) electrons. The first-order chi connectivity index (χ1) is 10.5. The largest absolute Gasteiger partial charge is 0.303 e. The molecular weight excluding hydrogens is 292 g/mol. The van der Waals surface area contributed by atoms with E-state index in [4.69, 9.17) is 11.6 Å². The third-order valence-electron chi connectivity index (χ3n) is 4.05. The standard InChI is InChI=1S/C10H8ClN.C9H19N/c1-7-4-8-2-3-12-6-9(8)5-10(7)11;1-8(2)6-10-5-4-9(3)7-10/h2-6H,1H3;8-9H,4-7H2,1-3H3. The number of likely N-dealkylation sites (tertiary alicyclic amines) is 1. The maximum absolute atomic E-state index is 5.96. The summed E-state index contributed by atoms with van der Waals surface area (Å²) in [6.07, 6.45) is 5.02. The van der Waals surface area contributed by atoms with Gasteiger partial charge in [-0.3, -0.25) is 4.98 Å². The molecule has 1 aromatic heterocycles. The Balaban J connectivity index is 0.000000164. The van der Waals surface area contributed by atoms with Gasteiger partial charge in [-0.1, -0.05) is 32.4 Å². The Bertz CT molecular complexity index is 569. The van der Waals surface area contributed by atoms with Crippen LogP contribution < -0.4 is 0 Å². The van der Waals surface area contributed by atoms with Crippen molar-refractivity contribution in [1.82, 2.24) is 9.88 Å². The highest BCUT2D eigenvalue weighted by atomic mass is 35.5. The van der Waals surface area contributed by atoms with Gasteiger partial charge >= 0.3 is 0 Å². The Morgan fingerprint density at radius 1 is 1.32 bits per heavy atom. The molecule has 120 valence electrons. The van der Waals surface area contributed by atoms with E-state index in [1.54, 1.807) is 6.20 Å². The van der Waals surface area contributed by atoms with E-state index in [1.807, 2.05) is 25.3 Å². The second kappa shape index (κ2) is 7.94. The minimum absolute atomic E-state index is 0.801. The van der Waals surface area contributed by atoms with Gasteiger partial charge in [-0.05, 0) is 60.9 Å². The molecule has 2 heterocycles. The van der Waals surface area contributed by atoms with E-state index in [2.05, 4.69) is 36.7 Å². The van der Waals surface area contributed by atoms with Crippen LogP contribution in [0.1, 0.15) is 32.8 Å². The Morgan fingerprint density at radius 3 is 2.73 bits per heavy atom. The molecule has 0 N–H and O–H groups in total. The van der Waals surface area contributed by atoms with Crippen molar-refractivity contribution in [2.24, 2.45) is 11.8 Å². The smallest absolute Gasteiger partial charge is 0.0442 e. The summed E-state index contributed by atoms with van der Waals surface area (Å²) in [4.78, 5) is 6.60. The van der Waals surface area contributed by atoms with Gasteiger partial charge in [0.15, 0.2) is 0 Å². The van der Waals surface area contributed by atoms with Crippen LogP contribution in [0.4, 0.5) is 0 Å².